The molecule has 8 heteroatoms. The first kappa shape index (κ1) is 22.9. The molecule has 0 saturated heterocycles. The van der Waals surface area contributed by atoms with Gasteiger partial charge in [0.1, 0.15) is 11.7 Å². The van der Waals surface area contributed by atoms with E-state index in [2.05, 4.69) is 34.4 Å². The Labute approximate surface area is 207 Å². The Morgan fingerprint density at radius 3 is 2.69 bits per heavy atom. The van der Waals surface area contributed by atoms with Gasteiger partial charge in [-0.15, -0.1) is 0 Å². The number of benzene rings is 3. The fourth-order valence-corrected chi connectivity index (χ4v) is 4.74. The first-order valence-electron chi connectivity index (χ1n) is 11.4. The second-order valence-electron chi connectivity index (χ2n) is 7.93. The van der Waals surface area contributed by atoms with Crippen LogP contribution in [0, 0.1) is 5.41 Å². The minimum atomic E-state index is -0.449. The molecule has 2 aliphatic heterocycles. The lowest BCUT2D eigenvalue weighted by atomic mass is 10.1. The Morgan fingerprint density at radius 1 is 1.03 bits per heavy atom. The normalized spacial score (nSPS) is 16.4. The van der Waals surface area contributed by atoms with Gasteiger partial charge in [0.2, 0.25) is 5.17 Å². The SMILES string of the molecule is CCOc1cc(/C=C2/C(=N)N3N=C(CC)SC3=NC2=O)ccc1OCc1cccc2ccccc12. The molecule has 0 bridgehead atoms. The highest BCUT2D eigenvalue weighted by molar-refractivity contribution is 8.26. The first-order valence-corrected chi connectivity index (χ1v) is 12.2. The van der Waals surface area contributed by atoms with Crippen molar-refractivity contribution in [1.82, 2.24) is 5.01 Å². The van der Waals surface area contributed by atoms with Crippen molar-refractivity contribution in [3.8, 4) is 11.5 Å². The summed E-state index contributed by atoms with van der Waals surface area (Å²) < 4.78 is 12.0. The zero-order valence-electron chi connectivity index (χ0n) is 19.4. The molecule has 0 aliphatic carbocycles. The van der Waals surface area contributed by atoms with Gasteiger partial charge in [-0.1, -0.05) is 55.5 Å². The van der Waals surface area contributed by atoms with E-state index in [9.17, 15) is 4.79 Å². The van der Waals surface area contributed by atoms with E-state index in [1.54, 1.807) is 6.08 Å². The summed E-state index contributed by atoms with van der Waals surface area (Å²) in [6, 6.07) is 19.9. The number of nitrogens with one attached hydrogen (secondary N) is 1. The zero-order valence-corrected chi connectivity index (χ0v) is 20.3. The first-order chi connectivity index (χ1) is 17.1. The predicted molar refractivity (Wildman–Crippen MR) is 141 cm³/mol. The van der Waals surface area contributed by atoms with Gasteiger partial charge < -0.3 is 9.47 Å². The van der Waals surface area contributed by atoms with E-state index >= 15 is 0 Å². The van der Waals surface area contributed by atoms with Crippen LogP contribution in [0.2, 0.25) is 0 Å². The molecule has 3 aromatic carbocycles. The molecule has 7 nitrogen and oxygen atoms in total. The Bertz CT molecular complexity index is 1420. The summed E-state index contributed by atoms with van der Waals surface area (Å²) in [5.74, 6) is 0.755. The molecule has 5 rings (SSSR count). The fourth-order valence-electron chi connectivity index (χ4n) is 3.92. The van der Waals surface area contributed by atoms with E-state index in [0.29, 0.717) is 35.4 Å². The van der Waals surface area contributed by atoms with Crippen LogP contribution in [0.25, 0.3) is 16.8 Å². The number of aliphatic imine (C=N–C) groups is 1. The molecule has 176 valence electrons. The highest BCUT2D eigenvalue weighted by Crippen LogP contribution is 2.33. The quantitative estimate of drug-likeness (QED) is 0.425. The second-order valence-corrected chi connectivity index (χ2v) is 8.97. The highest BCUT2D eigenvalue weighted by Gasteiger charge is 2.35. The lowest BCUT2D eigenvalue weighted by molar-refractivity contribution is -0.114. The summed E-state index contributed by atoms with van der Waals surface area (Å²) >= 11 is 1.33. The van der Waals surface area contributed by atoms with Gasteiger partial charge >= 0.3 is 0 Å². The predicted octanol–water partition coefficient (Wildman–Crippen LogP) is 5.85. The van der Waals surface area contributed by atoms with Gasteiger partial charge in [-0.05, 0) is 65.2 Å². The molecule has 3 aromatic rings. The number of fused-ring (bicyclic) bond motifs is 2. The smallest absolute Gasteiger partial charge is 0.283 e. The van der Waals surface area contributed by atoms with E-state index < -0.39 is 5.91 Å². The van der Waals surface area contributed by atoms with Crippen molar-refractivity contribution in [3.05, 3.63) is 77.4 Å². The van der Waals surface area contributed by atoms with Crippen LogP contribution in [0.1, 0.15) is 31.4 Å². The molecular weight excluding hydrogens is 460 g/mol. The summed E-state index contributed by atoms with van der Waals surface area (Å²) in [6.07, 6.45) is 2.37. The summed E-state index contributed by atoms with van der Waals surface area (Å²) in [6.45, 7) is 4.75. The molecular formula is C27H24N4O3S. The third-order valence-electron chi connectivity index (χ3n) is 5.64. The number of nitrogens with zero attached hydrogens (tertiary/aromatic N) is 3. The molecule has 0 radical (unpaired) electrons. The number of amidine groups is 2. The minimum absolute atomic E-state index is 0.0187. The molecule has 0 spiro atoms. The summed E-state index contributed by atoms with van der Waals surface area (Å²) in [7, 11) is 0. The van der Waals surface area contributed by atoms with Gasteiger partial charge in [0, 0.05) is 0 Å². The Morgan fingerprint density at radius 2 is 1.86 bits per heavy atom. The number of amides is 1. The summed E-state index contributed by atoms with van der Waals surface area (Å²) in [5, 5.41) is 17.9. The number of hydrogen-bond acceptors (Lipinski definition) is 6. The number of carbonyl (C=O) groups is 1. The number of rotatable bonds is 7. The van der Waals surface area contributed by atoms with Crippen molar-refractivity contribution < 1.29 is 14.3 Å². The monoisotopic (exact) mass is 484 g/mol. The van der Waals surface area contributed by atoms with Crippen molar-refractivity contribution in [1.29, 1.82) is 5.41 Å². The summed E-state index contributed by atoms with van der Waals surface area (Å²) in [5.41, 5.74) is 1.98. The van der Waals surface area contributed by atoms with Gasteiger partial charge in [-0.3, -0.25) is 10.2 Å². The number of thioether (sulfide) groups is 1. The molecule has 1 N–H and O–H groups in total. The molecule has 1 amide bonds. The minimum Gasteiger partial charge on any atom is -0.490 e. The summed E-state index contributed by atoms with van der Waals surface area (Å²) in [4.78, 5) is 16.8. The Hall–Kier alpha value is -3.91. The maximum Gasteiger partial charge on any atom is 0.283 e. The number of hydrazone groups is 1. The lowest BCUT2D eigenvalue weighted by Crippen LogP contribution is -2.35. The molecule has 0 saturated carbocycles. The standard InChI is InChI=1S/C27H24N4O3S/c1-3-24-30-31-25(28)21(26(32)29-27(31)35-24)14-17-12-13-22(23(15-17)33-4-2)34-16-19-10-7-9-18-8-5-6-11-20(18)19/h5-15,28H,3-4,16H2,1-2H3/b21-14-,28-25?. The maximum atomic E-state index is 12.6. The second kappa shape index (κ2) is 9.76. The van der Waals surface area contributed by atoms with Crippen molar-refractivity contribution >= 4 is 50.6 Å². The van der Waals surface area contributed by atoms with Gasteiger partial charge in [0.15, 0.2) is 17.3 Å². The topological polar surface area (TPSA) is 87.3 Å². The molecule has 0 aromatic heterocycles. The molecule has 0 unspecified atom stereocenters. The van der Waals surface area contributed by atoms with Crippen LogP contribution >= 0.6 is 11.8 Å². The third kappa shape index (κ3) is 4.57. The molecule has 35 heavy (non-hydrogen) atoms. The molecule has 2 aliphatic rings. The average Bonchev–Trinajstić information content (AvgIpc) is 3.29. The van der Waals surface area contributed by atoms with E-state index in [0.717, 1.165) is 27.8 Å². The van der Waals surface area contributed by atoms with Crippen LogP contribution < -0.4 is 9.47 Å². The van der Waals surface area contributed by atoms with Crippen LogP contribution in [0.3, 0.4) is 0 Å². The molecule has 0 atom stereocenters. The van der Waals surface area contributed by atoms with Gasteiger partial charge in [0.05, 0.1) is 12.2 Å². The molecule has 2 heterocycles. The fraction of sp³-hybridized carbons (Fsp3) is 0.185. The largest absolute Gasteiger partial charge is 0.490 e. The van der Waals surface area contributed by atoms with Gasteiger partial charge in [-0.2, -0.15) is 15.1 Å². The van der Waals surface area contributed by atoms with Crippen molar-refractivity contribution in [3.63, 3.8) is 0 Å². The van der Waals surface area contributed by atoms with E-state index in [-0.39, 0.29) is 11.4 Å². The maximum absolute atomic E-state index is 12.6. The Kier molecular flexibility index (Phi) is 6.37. The third-order valence-corrected chi connectivity index (χ3v) is 6.69. The number of ether oxygens (including phenoxy) is 2. The van der Waals surface area contributed by atoms with E-state index in [4.69, 9.17) is 14.9 Å². The zero-order chi connectivity index (χ0) is 24.4. The molecule has 0 fully saturated rings. The van der Waals surface area contributed by atoms with Crippen molar-refractivity contribution in [2.24, 2.45) is 10.1 Å². The Balaban J connectivity index is 1.41. The van der Waals surface area contributed by atoms with Crippen LogP contribution in [0.4, 0.5) is 0 Å². The highest BCUT2D eigenvalue weighted by atomic mass is 32.2. The van der Waals surface area contributed by atoms with Gasteiger partial charge in [-0.25, -0.2) is 0 Å². The lowest BCUT2D eigenvalue weighted by Gasteiger charge is -2.20. The van der Waals surface area contributed by atoms with E-state index in [1.807, 2.05) is 50.2 Å². The number of carbonyl (C=O) groups excluding carboxylic acids is 1. The number of hydrogen-bond donors (Lipinski definition) is 1. The van der Waals surface area contributed by atoms with Crippen LogP contribution in [-0.2, 0) is 11.4 Å². The average molecular weight is 485 g/mol. The van der Waals surface area contributed by atoms with Crippen molar-refractivity contribution in [2.75, 3.05) is 6.61 Å². The van der Waals surface area contributed by atoms with E-state index in [1.165, 1.54) is 16.8 Å². The van der Waals surface area contributed by atoms with Crippen LogP contribution in [-0.4, -0.2) is 33.6 Å². The van der Waals surface area contributed by atoms with Crippen LogP contribution in [0.5, 0.6) is 11.5 Å². The van der Waals surface area contributed by atoms with Crippen LogP contribution in [0.15, 0.2) is 76.3 Å². The van der Waals surface area contributed by atoms with Crippen molar-refractivity contribution in [2.45, 2.75) is 26.9 Å². The van der Waals surface area contributed by atoms with Gasteiger partial charge in [0.25, 0.3) is 5.91 Å².